The summed E-state index contributed by atoms with van der Waals surface area (Å²) in [5.41, 5.74) is 1.82. The van der Waals surface area contributed by atoms with Gasteiger partial charge in [-0.3, -0.25) is 14.6 Å². The van der Waals surface area contributed by atoms with Gasteiger partial charge < -0.3 is 10.1 Å². The highest BCUT2D eigenvalue weighted by atomic mass is 16.5. The molecule has 0 fully saturated rings. The van der Waals surface area contributed by atoms with E-state index in [2.05, 4.69) is 25.1 Å². The lowest BCUT2D eigenvalue weighted by Gasteiger charge is -2.08. The van der Waals surface area contributed by atoms with E-state index in [0.717, 1.165) is 18.5 Å². The number of carbonyl (C=O) groups excluding carboxylic acids is 2. The Morgan fingerprint density at radius 2 is 2.21 bits per heavy atom. The van der Waals surface area contributed by atoms with Crippen LogP contribution in [0.5, 0.6) is 0 Å². The maximum absolute atomic E-state index is 12.1. The molecule has 1 amide bonds. The van der Waals surface area contributed by atoms with E-state index in [1.165, 1.54) is 4.68 Å². The van der Waals surface area contributed by atoms with E-state index in [1.807, 2.05) is 0 Å². The molecule has 0 aliphatic heterocycles. The number of anilines is 1. The topological polar surface area (TPSA) is 119 Å². The Labute approximate surface area is 137 Å². The Kier molecular flexibility index (Phi) is 4.15. The molecule has 9 nitrogen and oxygen atoms in total. The number of fused-ring (bicyclic) bond motifs is 1. The van der Waals surface area contributed by atoms with Crippen molar-refractivity contribution in [1.82, 2.24) is 19.7 Å². The molecule has 2 N–H and O–H groups in total. The van der Waals surface area contributed by atoms with Gasteiger partial charge in [0.05, 0.1) is 18.0 Å². The van der Waals surface area contributed by atoms with Crippen molar-refractivity contribution in [2.75, 3.05) is 11.9 Å². The van der Waals surface area contributed by atoms with E-state index in [-0.39, 0.29) is 23.9 Å². The number of nitrogens with one attached hydrogen (secondary N) is 2. The van der Waals surface area contributed by atoms with Crippen LogP contribution < -0.4 is 10.9 Å². The van der Waals surface area contributed by atoms with E-state index in [9.17, 15) is 14.4 Å². The van der Waals surface area contributed by atoms with Crippen molar-refractivity contribution < 1.29 is 14.3 Å². The van der Waals surface area contributed by atoms with E-state index in [0.29, 0.717) is 17.7 Å². The fourth-order valence-corrected chi connectivity index (χ4v) is 2.64. The largest absolute Gasteiger partial charge is 0.459 e. The number of nitrogens with zero attached hydrogens (tertiary/aromatic N) is 3. The predicted octanol–water partition coefficient (Wildman–Crippen LogP) is 0.254. The van der Waals surface area contributed by atoms with E-state index >= 15 is 0 Å². The molecule has 0 atom stereocenters. The maximum Gasteiger partial charge on any atom is 0.397 e. The SMILES string of the molecule is CCOC(=O)C(=O)Nc1cc(C)nn1-c1nc2c(c(=O)[nH]1)CCC2. The van der Waals surface area contributed by atoms with Gasteiger partial charge in [0.1, 0.15) is 5.82 Å². The van der Waals surface area contributed by atoms with Gasteiger partial charge in [-0.25, -0.2) is 9.78 Å². The van der Waals surface area contributed by atoms with Crippen molar-refractivity contribution in [3.8, 4) is 5.95 Å². The third kappa shape index (κ3) is 2.92. The molecule has 1 aliphatic rings. The first-order chi connectivity index (χ1) is 11.5. The normalized spacial score (nSPS) is 12.8. The summed E-state index contributed by atoms with van der Waals surface area (Å²) in [5, 5.41) is 6.65. The molecule has 0 saturated heterocycles. The van der Waals surface area contributed by atoms with Crippen LogP contribution in [0.1, 0.15) is 30.3 Å². The number of amides is 1. The quantitative estimate of drug-likeness (QED) is 0.615. The molecule has 0 spiro atoms. The summed E-state index contributed by atoms with van der Waals surface area (Å²) in [7, 11) is 0. The fraction of sp³-hybridized carbons (Fsp3) is 0.400. The molecule has 24 heavy (non-hydrogen) atoms. The third-order valence-electron chi connectivity index (χ3n) is 3.66. The van der Waals surface area contributed by atoms with Crippen molar-refractivity contribution in [3.63, 3.8) is 0 Å². The van der Waals surface area contributed by atoms with Gasteiger partial charge in [-0.2, -0.15) is 9.78 Å². The summed E-state index contributed by atoms with van der Waals surface area (Å²) < 4.78 is 5.95. The van der Waals surface area contributed by atoms with E-state index in [4.69, 9.17) is 0 Å². The van der Waals surface area contributed by atoms with Crippen LogP contribution in [0.3, 0.4) is 0 Å². The Balaban J connectivity index is 1.95. The van der Waals surface area contributed by atoms with Gasteiger partial charge in [-0.1, -0.05) is 0 Å². The standard InChI is InChI=1S/C15H17N5O4/c1-3-24-14(23)13(22)17-11-7-8(2)19-20(11)15-16-10-6-4-5-9(10)12(21)18-15/h7H,3-6H2,1-2H3,(H,17,22)(H,16,18,21). The fourth-order valence-electron chi connectivity index (χ4n) is 2.64. The van der Waals surface area contributed by atoms with Crippen LogP contribution >= 0.6 is 0 Å². The lowest BCUT2D eigenvalue weighted by atomic mass is 10.3. The first-order valence-electron chi connectivity index (χ1n) is 7.66. The van der Waals surface area contributed by atoms with Crippen molar-refractivity contribution >= 4 is 17.7 Å². The highest BCUT2D eigenvalue weighted by Crippen LogP contribution is 2.19. The number of aromatic nitrogens is 4. The molecular formula is C15H17N5O4. The minimum Gasteiger partial charge on any atom is -0.459 e. The average Bonchev–Trinajstić information content (AvgIpc) is 3.14. The zero-order valence-electron chi connectivity index (χ0n) is 13.4. The van der Waals surface area contributed by atoms with Crippen LogP contribution in [0.15, 0.2) is 10.9 Å². The third-order valence-corrected chi connectivity index (χ3v) is 3.66. The summed E-state index contributed by atoms with van der Waals surface area (Å²) in [6.45, 7) is 3.44. The van der Waals surface area contributed by atoms with Gasteiger partial charge in [-0.05, 0) is 33.1 Å². The number of ether oxygens (including phenoxy) is 1. The van der Waals surface area contributed by atoms with Crippen LogP contribution in [-0.2, 0) is 27.2 Å². The monoisotopic (exact) mass is 331 g/mol. The number of hydrogen-bond donors (Lipinski definition) is 2. The molecule has 0 saturated carbocycles. The van der Waals surface area contributed by atoms with Gasteiger partial charge in [-0.15, -0.1) is 0 Å². The molecule has 0 unspecified atom stereocenters. The van der Waals surface area contributed by atoms with Gasteiger partial charge >= 0.3 is 11.9 Å². The number of rotatable bonds is 3. The molecule has 0 bridgehead atoms. The first kappa shape index (κ1) is 15.9. The Morgan fingerprint density at radius 3 is 2.96 bits per heavy atom. The van der Waals surface area contributed by atoms with E-state index in [1.54, 1.807) is 19.9 Å². The Bertz CT molecular complexity index is 867. The predicted molar refractivity (Wildman–Crippen MR) is 84.0 cm³/mol. The zero-order valence-corrected chi connectivity index (χ0v) is 13.4. The van der Waals surface area contributed by atoms with Gasteiger partial charge in [0, 0.05) is 11.6 Å². The van der Waals surface area contributed by atoms with Gasteiger partial charge in [0.25, 0.3) is 5.56 Å². The number of hydrogen-bond acceptors (Lipinski definition) is 6. The summed E-state index contributed by atoms with van der Waals surface area (Å²) in [5.74, 6) is -1.47. The number of carbonyl (C=O) groups is 2. The van der Waals surface area contributed by atoms with Crippen LogP contribution in [0.25, 0.3) is 5.95 Å². The van der Waals surface area contributed by atoms with Gasteiger partial charge in [0.2, 0.25) is 5.95 Å². The van der Waals surface area contributed by atoms with E-state index < -0.39 is 11.9 Å². The van der Waals surface area contributed by atoms with Crippen LogP contribution in [-0.4, -0.2) is 38.2 Å². The zero-order chi connectivity index (χ0) is 17.3. The Hall–Kier alpha value is -2.97. The van der Waals surface area contributed by atoms with Crippen molar-refractivity contribution in [2.24, 2.45) is 0 Å². The molecule has 0 aromatic carbocycles. The van der Waals surface area contributed by atoms with Crippen molar-refractivity contribution in [1.29, 1.82) is 0 Å². The second-order valence-electron chi connectivity index (χ2n) is 5.43. The lowest BCUT2D eigenvalue weighted by molar-refractivity contribution is -0.152. The second kappa shape index (κ2) is 6.26. The van der Waals surface area contributed by atoms with Crippen molar-refractivity contribution in [3.05, 3.63) is 33.4 Å². The number of aromatic amines is 1. The maximum atomic E-state index is 12.1. The summed E-state index contributed by atoms with van der Waals surface area (Å²) in [6.07, 6.45) is 2.33. The number of aryl methyl sites for hydroxylation is 2. The first-order valence-corrected chi connectivity index (χ1v) is 7.66. The summed E-state index contributed by atoms with van der Waals surface area (Å²) in [4.78, 5) is 42.5. The molecule has 2 aromatic heterocycles. The van der Waals surface area contributed by atoms with Crippen LogP contribution in [0.2, 0.25) is 0 Å². The lowest BCUT2D eigenvalue weighted by Crippen LogP contribution is -2.27. The summed E-state index contributed by atoms with van der Waals surface area (Å²) >= 11 is 0. The highest BCUT2D eigenvalue weighted by molar-refractivity contribution is 6.37. The molecule has 2 heterocycles. The highest BCUT2D eigenvalue weighted by Gasteiger charge is 2.21. The molecule has 2 aromatic rings. The number of esters is 1. The number of H-pyrrole nitrogens is 1. The van der Waals surface area contributed by atoms with Crippen molar-refractivity contribution in [2.45, 2.75) is 33.1 Å². The molecule has 9 heteroatoms. The molecule has 126 valence electrons. The molecule has 0 radical (unpaired) electrons. The smallest absolute Gasteiger partial charge is 0.397 e. The summed E-state index contributed by atoms with van der Waals surface area (Å²) in [6, 6.07) is 1.57. The molecular weight excluding hydrogens is 314 g/mol. The average molecular weight is 331 g/mol. The second-order valence-corrected chi connectivity index (χ2v) is 5.43. The van der Waals surface area contributed by atoms with Crippen LogP contribution in [0.4, 0.5) is 5.82 Å². The minimum atomic E-state index is -0.988. The van der Waals surface area contributed by atoms with Gasteiger partial charge in [0.15, 0.2) is 0 Å². The minimum absolute atomic E-state index is 0.101. The molecule has 1 aliphatic carbocycles. The Morgan fingerprint density at radius 1 is 1.42 bits per heavy atom. The van der Waals surface area contributed by atoms with Crippen LogP contribution in [0, 0.1) is 6.92 Å². The molecule has 3 rings (SSSR count).